The van der Waals surface area contributed by atoms with Crippen molar-refractivity contribution in [1.82, 2.24) is 20.1 Å². The van der Waals surface area contributed by atoms with E-state index < -0.39 is 44.1 Å². The standard InChI is InChI=1S/C34H66N4O6S2/c1-3-5-7-9-11-13-14-16-17-19-26-45(41,42)37-29-23-24-30(36-32(39)28-29)33-31(22-21-25-35-34(33)40)38-46(43,44)27-20-18-15-12-10-8-6-4-2/h29-31,33,37-38H,3-28H2,1-2H3,(H,35,40)(H,36,39)/t29-,30?,31-,33?/m0/s1. The summed E-state index contributed by atoms with van der Waals surface area (Å²) < 4.78 is 57.4. The van der Waals surface area contributed by atoms with Gasteiger partial charge >= 0.3 is 0 Å². The Labute approximate surface area is 281 Å². The smallest absolute Gasteiger partial charge is 0.226 e. The van der Waals surface area contributed by atoms with Crippen LogP contribution in [-0.2, 0) is 29.6 Å². The molecule has 270 valence electrons. The van der Waals surface area contributed by atoms with E-state index in [0.29, 0.717) is 45.1 Å². The zero-order valence-corrected chi connectivity index (χ0v) is 30.6. The minimum atomic E-state index is -3.61. The molecule has 10 nitrogen and oxygen atoms in total. The topological polar surface area (TPSA) is 151 Å². The maximum Gasteiger partial charge on any atom is 0.226 e. The second kappa shape index (κ2) is 23.2. The van der Waals surface area contributed by atoms with Crippen molar-refractivity contribution >= 4 is 31.9 Å². The Balaban J connectivity index is 1.84. The molecule has 0 aromatic heterocycles. The molecule has 4 N–H and O–H groups in total. The highest BCUT2D eigenvalue weighted by molar-refractivity contribution is 7.89. The summed E-state index contributed by atoms with van der Waals surface area (Å²) in [6.07, 6.45) is 21.5. The van der Waals surface area contributed by atoms with Crippen molar-refractivity contribution < 1.29 is 26.4 Å². The first-order valence-electron chi connectivity index (χ1n) is 18.6. The molecule has 0 spiro atoms. The predicted molar refractivity (Wildman–Crippen MR) is 187 cm³/mol. The Kier molecular flexibility index (Phi) is 20.6. The van der Waals surface area contributed by atoms with Crippen LogP contribution in [0.3, 0.4) is 0 Å². The maximum atomic E-state index is 13.2. The number of sulfonamides is 2. The third-order valence-electron chi connectivity index (χ3n) is 9.48. The van der Waals surface area contributed by atoms with Gasteiger partial charge in [-0.05, 0) is 38.5 Å². The Bertz CT molecular complexity index is 1070. The zero-order valence-electron chi connectivity index (χ0n) is 29.0. The molecule has 2 heterocycles. The van der Waals surface area contributed by atoms with E-state index in [9.17, 15) is 26.4 Å². The molecule has 0 saturated carbocycles. The molecule has 46 heavy (non-hydrogen) atoms. The van der Waals surface area contributed by atoms with Crippen LogP contribution in [0.5, 0.6) is 0 Å². The summed E-state index contributed by atoms with van der Waals surface area (Å²) in [7, 11) is -7.15. The minimum absolute atomic E-state index is 0.00304. The summed E-state index contributed by atoms with van der Waals surface area (Å²) in [5.74, 6) is -1.30. The highest BCUT2D eigenvalue weighted by Gasteiger charge is 2.41. The Hall–Kier alpha value is -1.24. The van der Waals surface area contributed by atoms with Crippen LogP contribution in [0.2, 0.25) is 0 Å². The molecule has 2 aliphatic heterocycles. The van der Waals surface area contributed by atoms with E-state index >= 15 is 0 Å². The zero-order chi connectivity index (χ0) is 33.7. The second-order valence-electron chi connectivity index (χ2n) is 13.7. The van der Waals surface area contributed by atoms with Crippen LogP contribution < -0.4 is 20.1 Å². The van der Waals surface area contributed by atoms with Gasteiger partial charge in [0, 0.05) is 31.1 Å². The van der Waals surface area contributed by atoms with Gasteiger partial charge in [0.25, 0.3) is 0 Å². The molecular formula is C34H66N4O6S2. The fraction of sp³-hybridized carbons (Fsp3) is 0.941. The average Bonchev–Trinajstić information content (AvgIpc) is 3.28. The highest BCUT2D eigenvalue weighted by Crippen LogP contribution is 2.25. The summed E-state index contributed by atoms with van der Waals surface area (Å²) in [5, 5.41) is 5.83. The number of amides is 2. The van der Waals surface area contributed by atoms with E-state index in [4.69, 9.17) is 0 Å². The van der Waals surface area contributed by atoms with Gasteiger partial charge in [-0.15, -0.1) is 0 Å². The normalized spacial score (nSPS) is 23.0. The van der Waals surface area contributed by atoms with Crippen LogP contribution in [0.4, 0.5) is 0 Å². The first-order chi connectivity index (χ1) is 22.1. The van der Waals surface area contributed by atoms with Crippen LogP contribution in [0.15, 0.2) is 0 Å². The Morgan fingerprint density at radius 1 is 0.630 bits per heavy atom. The van der Waals surface area contributed by atoms with E-state index in [1.54, 1.807) is 0 Å². The van der Waals surface area contributed by atoms with Gasteiger partial charge < -0.3 is 10.6 Å². The lowest BCUT2D eigenvalue weighted by Gasteiger charge is -2.31. The first kappa shape index (κ1) is 40.9. The molecule has 2 saturated heterocycles. The monoisotopic (exact) mass is 690 g/mol. The molecule has 0 radical (unpaired) electrons. The summed E-state index contributed by atoms with van der Waals surface area (Å²) in [6, 6.07) is -1.77. The van der Waals surface area contributed by atoms with Gasteiger partial charge in [0.05, 0.1) is 17.4 Å². The largest absolute Gasteiger partial charge is 0.356 e. The van der Waals surface area contributed by atoms with Gasteiger partial charge in [-0.2, -0.15) is 0 Å². The lowest BCUT2D eigenvalue weighted by Crippen LogP contribution is -2.54. The number of rotatable bonds is 25. The van der Waals surface area contributed by atoms with Gasteiger partial charge in [-0.1, -0.05) is 117 Å². The van der Waals surface area contributed by atoms with Gasteiger partial charge in [0.2, 0.25) is 31.9 Å². The molecule has 0 aliphatic carbocycles. The first-order valence-corrected chi connectivity index (χ1v) is 21.9. The third-order valence-corrected chi connectivity index (χ3v) is 12.5. The molecule has 2 aliphatic rings. The van der Waals surface area contributed by atoms with Gasteiger partial charge in [-0.3, -0.25) is 9.59 Å². The van der Waals surface area contributed by atoms with Crippen LogP contribution >= 0.6 is 0 Å². The SMILES string of the molecule is CCCCCCCCCCCCS(=O)(=O)N[C@H]1CCC(C2C(=O)NCCC[C@@H]2NS(=O)(=O)CCCCCCCCCC)NC(=O)C1. The molecule has 0 aromatic rings. The van der Waals surface area contributed by atoms with Crippen molar-refractivity contribution in [3.8, 4) is 0 Å². The van der Waals surface area contributed by atoms with E-state index in [1.165, 1.54) is 64.2 Å². The summed E-state index contributed by atoms with van der Waals surface area (Å²) in [6.45, 7) is 4.85. The Morgan fingerprint density at radius 3 is 1.63 bits per heavy atom. The molecule has 0 aromatic carbocycles. The summed E-state index contributed by atoms with van der Waals surface area (Å²) in [5.41, 5.74) is 0. The van der Waals surface area contributed by atoms with Crippen LogP contribution in [-0.4, -0.2) is 64.8 Å². The van der Waals surface area contributed by atoms with Crippen LogP contribution in [0.1, 0.15) is 162 Å². The van der Waals surface area contributed by atoms with Gasteiger partial charge in [-0.25, -0.2) is 26.3 Å². The van der Waals surface area contributed by atoms with Crippen molar-refractivity contribution in [3.05, 3.63) is 0 Å². The molecule has 4 atom stereocenters. The third kappa shape index (κ3) is 17.8. The van der Waals surface area contributed by atoms with E-state index in [2.05, 4.69) is 33.9 Å². The van der Waals surface area contributed by atoms with Gasteiger partial charge in [0.15, 0.2) is 0 Å². The molecular weight excluding hydrogens is 625 g/mol. The van der Waals surface area contributed by atoms with E-state index in [0.717, 1.165) is 38.5 Å². The summed E-state index contributed by atoms with van der Waals surface area (Å²) >= 11 is 0. The van der Waals surface area contributed by atoms with Crippen molar-refractivity contribution in [2.24, 2.45) is 5.92 Å². The number of hydrogen-bond acceptors (Lipinski definition) is 6. The van der Waals surface area contributed by atoms with Gasteiger partial charge in [0.1, 0.15) is 0 Å². The number of nitrogens with one attached hydrogen (secondary N) is 4. The second-order valence-corrected chi connectivity index (χ2v) is 17.5. The fourth-order valence-corrected chi connectivity index (χ4v) is 9.67. The predicted octanol–water partition coefficient (Wildman–Crippen LogP) is 5.82. The van der Waals surface area contributed by atoms with Crippen LogP contribution in [0, 0.1) is 5.92 Å². The molecule has 2 unspecified atom stereocenters. The number of carbonyl (C=O) groups is 2. The molecule has 2 fully saturated rings. The van der Waals surface area contributed by atoms with Crippen molar-refractivity contribution in [2.75, 3.05) is 18.1 Å². The number of unbranched alkanes of at least 4 members (excludes halogenated alkanes) is 16. The van der Waals surface area contributed by atoms with Crippen molar-refractivity contribution in [3.63, 3.8) is 0 Å². The van der Waals surface area contributed by atoms with E-state index in [1.807, 2.05) is 0 Å². The van der Waals surface area contributed by atoms with Crippen LogP contribution in [0.25, 0.3) is 0 Å². The molecule has 2 rings (SSSR count). The maximum absolute atomic E-state index is 13.2. The molecule has 12 heteroatoms. The van der Waals surface area contributed by atoms with E-state index in [-0.39, 0.29) is 29.7 Å². The minimum Gasteiger partial charge on any atom is -0.356 e. The number of carbonyl (C=O) groups excluding carboxylic acids is 2. The quantitative estimate of drug-likeness (QED) is 0.0887. The Morgan fingerprint density at radius 2 is 1.11 bits per heavy atom. The lowest BCUT2D eigenvalue weighted by molar-refractivity contribution is -0.127. The molecule has 0 bridgehead atoms. The number of hydrogen-bond donors (Lipinski definition) is 4. The van der Waals surface area contributed by atoms with Crippen molar-refractivity contribution in [1.29, 1.82) is 0 Å². The lowest BCUT2D eigenvalue weighted by atomic mass is 9.87. The average molecular weight is 691 g/mol. The summed E-state index contributed by atoms with van der Waals surface area (Å²) in [4.78, 5) is 26.1. The fourth-order valence-electron chi connectivity index (χ4n) is 6.83. The highest BCUT2D eigenvalue weighted by atomic mass is 32.2. The van der Waals surface area contributed by atoms with Crippen molar-refractivity contribution in [2.45, 2.75) is 180 Å². The molecule has 2 amide bonds.